The van der Waals surface area contributed by atoms with Crippen LogP contribution < -0.4 is 14.2 Å². The van der Waals surface area contributed by atoms with E-state index in [0.717, 1.165) is 0 Å². The first kappa shape index (κ1) is 23.2. The largest absolute Gasteiger partial charge is 0.497 e. The Bertz CT molecular complexity index is 1750. The Balaban J connectivity index is 1.34. The summed E-state index contributed by atoms with van der Waals surface area (Å²) in [6.07, 6.45) is 1.47. The number of esters is 1. The van der Waals surface area contributed by atoms with E-state index in [0.29, 0.717) is 39.2 Å². The molecule has 0 aliphatic carbocycles. The molecule has 4 aromatic carbocycles. The molecule has 0 unspecified atom stereocenters. The van der Waals surface area contributed by atoms with Crippen molar-refractivity contribution in [1.82, 2.24) is 0 Å². The molecular weight excluding hydrogens is 487 g/mol. The third-order valence-corrected chi connectivity index (χ3v) is 6.13. The monoisotopic (exact) mass is 506 g/mol. The minimum atomic E-state index is -0.643. The number of methoxy groups -OCH3 is 1. The van der Waals surface area contributed by atoms with Crippen LogP contribution >= 0.6 is 0 Å². The zero-order chi connectivity index (χ0) is 26.2. The van der Waals surface area contributed by atoms with E-state index in [-0.39, 0.29) is 28.6 Å². The molecule has 0 amide bonds. The van der Waals surface area contributed by atoms with E-state index in [4.69, 9.17) is 18.6 Å². The maximum atomic E-state index is 13.6. The first-order valence-corrected chi connectivity index (χ1v) is 11.7. The van der Waals surface area contributed by atoms with Gasteiger partial charge in [0.05, 0.1) is 12.7 Å². The van der Waals surface area contributed by atoms with E-state index in [9.17, 15) is 14.0 Å². The van der Waals surface area contributed by atoms with Gasteiger partial charge in [-0.1, -0.05) is 42.5 Å². The van der Waals surface area contributed by atoms with Crippen LogP contribution in [0.3, 0.4) is 0 Å². The van der Waals surface area contributed by atoms with E-state index in [1.165, 1.54) is 36.4 Å². The highest BCUT2D eigenvalue weighted by Crippen LogP contribution is 2.38. The van der Waals surface area contributed by atoms with Gasteiger partial charge in [0.1, 0.15) is 40.0 Å². The van der Waals surface area contributed by atoms with Gasteiger partial charge in [0.2, 0.25) is 5.78 Å². The van der Waals surface area contributed by atoms with E-state index in [1.807, 2.05) is 30.3 Å². The van der Waals surface area contributed by atoms with Gasteiger partial charge >= 0.3 is 5.97 Å². The minimum absolute atomic E-state index is 0.0494. The van der Waals surface area contributed by atoms with Crippen molar-refractivity contribution in [2.75, 3.05) is 7.11 Å². The van der Waals surface area contributed by atoms with Crippen molar-refractivity contribution < 1.29 is 32.6 Å². The standard InChI is InChI=1S/C31H19FO6/c1-35-21-11-13-25-24(16-21)28(30(38-25)19-7-3-2-4-8-19)31(34)36-22-10-12-23-26(17-22)37-27(29(23)33)15-18-6-5-9-20(32)14-18/h2-17H,1H3. The van der Waals surface area contributed by atoms with Gasteiger partial charge in [-0.25, -0.2) is 9.18 Å². The van der Waals surface area contributed by atoms with Crippen LogP contribution in [0.4, 0.5) is 4.39 Å². The lowest BCUT2D eigenvalue weighted by atomic mass is 10.1. The molecule has 2 heterocycles. The number of rotatable bonds is 5. The molecule has 6 nitrogen and oxygen atoms in total. The lowest BCUT2D eigenvalue weighted by molar-refractivity contribution is 0.0736. The highest BCUT2D eigenvalue weighted by atomic mass is 19.1. The Labute approximate surface area is 216 Å². The Hall–Kier alpha value is -5.17. The van der Waals surface area contributed by atoms with Crippen LogP contribution in [0.5, 0.6) is 17.2 Å². The summed E-state index contributed by atoms with van der Waals surface area (Å²) in [5, 5.41) is 0.543. The maximum Gasteiger partial charge on any atom is 0.348 e. The number of furan rings is 1. The summed E-state index contributed by atoms with van der Waals surface area (Å²) in [5.74, 6) is -0.00300. The lowest BCUT2D eigenvalue weighted by Crippen LogP contribution is -2.09. The van der Waals surface area contributed by atoms with Gasteiger partial charge in [-0.2, -0.15) is 0 Å². The molecule has 1 aliphatic heterocycles. The second kappa shape index (κ2) is 9.37. The number of hydrogen-bond acceptors (Lipinski definition) is 6. The number of hydrogen-bond donors (Lipinski definition) is 0. The summed E-state index contributed by atoms with van der Waals surface area (Å²) in [4.78, 5) is 26.3. The van der Waals surface area contributed by atoms with Gasteiger partial charge in [-0.15, -0.1) is 0 Å². The third-order valence-electron chi connectivity index (χ3n) is 6.13. The van der Waals surface area contributed by atoms with Gasteiger partial charge in [0, 0.05) is 17.0 Å². The smallest absolute Gasteiger partial charge is 0.348 e. The predicted molar refractivity (Wildman–Crippen MR) is 139 cm³/mol. The van der Waals surface area contributed by atoms with Crippen LogP contribution in [0, 0.1) is 5.82 Å². The molecule has 1 aromatic heterocycles. The molecule has 0 fully saturated rings. The molecule has 38 heavy (non-hydrogen) atoms. The van der Waals surface area contributed by atoms with Gasteiger partial charge in [-0.05, 0) is 54.1 Å². The summed E-state index contributed by atoms with van der Waals surface area (Å²) in [7, 11) is 1.54. The van der Waals surface area contributed by atoms with Crippen molar-refractivity contribution in [3.05, 3.63) is 119 Å². The fourth-order valence-corrected chi connectivity index (χ4v) is 4.34. The third kappa shape index (κ3) is 4.20. The fourth-order valence-electron chi connectivity index (χ4n) is 4.34. The zero-order valence-electron chi connectivity index (χ0n) is 20.1. The fraction of sp³-hybridized carbons (Fsp3) is 0.0323. The van der Waals surface area contributed by atoms with E-state index >= 15 is 0 Å². The Morgan fingerprint density at radius 1 is 0.895 bits per heavy atom. The maximum absolute atomic E-state index is 13.6. The van der Waals surface area contributed by atoms with Crippen molar-refractivity contribution in [1.29, 1.82) is 0 Å². The second-order valence-electron chi connectivity index (χ2n) is 8.58. The average molecular weight is 506 g/mol. The molecule has 0 bridgehead atoms. The van der Waals surface area contributed by atoms with E-state index in [2.05, 4.69) is 0 Å². The average Bonchev–Trinajstić information content (AvgIpc) is 3.46. The van der Waals surface area contributed by atoms with Crippen LogP contribution in [0.15, 0.2) is 101 Å². The van der Waals surface area contributed by atoms with Crippen LogP contribution in [0.2, 0.25) is 0 Å². The summed E-state index contributed by atoms with van der Waals surface area (Å²) in [6.45, 7) is 0. The Morgan fingerprint density at radius 2 is 1.71 bits per heavy atom. The van der Waals surface area contributed by atoms with Gasteiger partial charge in [-0.3, -0.25) is 4.79 Å². The summed E-state index contributed by atoms with van der Waals surface area (Å²) < 4.78 is 36.4. The molecule has 0 saturated heterocycles. The number of ketones is 1. The summed E-state index contributed by atoms with van der Waals surface area (Å²) >= 11 is 0. The lowest BCUT2D eigenvalue weighted by Gasteiger charge is -2.07. The summed E-state index contributed by atoms with van der Waals surface area (Å²) in [5.41, 5.74) is 2.27. The first-order chi connectivity index (χ1) is 18.5. The van der Waals surface area contributed by atoms with Crippen LogP contribution in [0.1, 0.15) is 26.3 Å². The predicted octanol–water partition coefficient (Wildman–Crippen LogP) is 7.08. The Kier molecular flexibility index (Phi) is 5.73. The van der Waals surface area contributed by atoms with Crippen LogP contribution in [-0.4, -0.2) is 18.9 Å². The SMILES string of the molecule is COc1ccc2oc(-c3ccccc3)c(C(=O)Oc3ccc4c(c3)OC(=Cc3cccc(F)c3)C4=O)c2c1. The van der Waals surface area contributed by atoms with E-state index < -0.39 is 11.8 Å². The minimum Gasteiger partial charge on any atom is -0.497 e. The molecule has 0 radical (unpaired) electrons. The molecule has 186 valence electrons. The molecule has 0 atom stereocenters. The molecule has 1 aliphatic rings. The number of fused-ring (bicyclic) bond motifs is 2. The molecular formula is C31H19FO6. The molecule has 0 N–H and O–H groups in total. The molecule has 0 saturated carbocycles. The summed E-state index contributed by atoms with van der Waals surface area (Å²) in [6, 6.07) is 24.8. The van der Waals surface area contributed by atoms with Crippen LogP contribution in [0.25, 0.3) is 28.4 Å². The number of ether oxygens (including phenoxy) is 3. The number of Topliss-reactive ketones (excluding diaryl/α,β-unsaturated/α-hetero) is 1. The molecule has 0 spiro atoms. The molecule has 5 aromatic rings. The number of carbonyl (C=O) groups is 2. The first-order valence-electron chi connectivity index (χ1n) is 11.7. The van der Waals surface area contributed by atoms with Crippen molar-refractivity contribution >= 4 is 28.8 Å². The quantitative estimate of drug-likeness (QED) is 0.144. The van der Waals surface area contributed by atoms with E-state index in [1.54, 1.807) is 37.4 Å². The highest BCUT2D eigenvalue weighted by molar-refractivity contribution is 6.15. The molecule has 6 rings (SSSR count). The van der Waals surface area contributed by atoms with Crippen molar-refractivity contribution in [2.45, 2.75) is 0 Å². The normalized spacial score (nSPS) is 13.4. The Morgan fingerprint density at radius 3 is 2.50 bits per heavy atom. The van der Waals surface area contributed by atoms with Gasteiger partial charge < -0.3 is 18.6 Å². The van der Waals surface area contributed by atoms with Gasteiger partial charge in [0.15, 0.2) is 5.76 Å². The number of benzene rings is 4. The van der Waals surface area contributed by atoms with Crippen LogP contribution in [-0.2, 0) is 0 Å². The van der Waals surface area contributed by atoms with Crippen molar-refractivity contribution in [3.8, 4) is 28.6 Å². The van der Waals surface area contributed by atoms with Crippen molar-refractivity contribution in [3.63, 3.8) is 0 Å². The highest BCUT2D eigenvalue weighted by Gasteiger charge is 2.29. The second-order valence-corrected chi connectivity index (χ2v) is 8.58. The van der Waals surface area contributed by atoms with Crippen molar-refractivity contribution in [2.24, 2.45) is 0 Å². The number of carbonyl (C=O) groups excluding carboxylic acids is 2. The zero-order valence-corrected chi connectivity index (χ0v) is 20.1. The van der Waals surface area contributed by atoms with Gasteiger partial charge in [0.25, 0.3) is 0 Å². The topological polar surface area (TPSA) is 75.0 Å². The number of allylic oxidation sites excluding steroid dienone is 1. The number of halogens is 1. The molecule has 7 heteroatoms.